The zero-order valence-electron chi connectivity index (χ0n) is 24.6. The molecule has 3 heteroatoms. The van der Waals surface area contributed by atoms with Gasteiger partial charge in [-0.05, 0) is 57.6 Å². The fourth-order valence-electron chi connectivity index (χ4n) is 4.88. The lowest BCUT2D eigenvalue weighted by Gasteiger charge is -2.21. The molecule has 172 valence electrons. The number of para-hydroxylation sites is 1. The van der Waals surface area contributed by atoms with E-state index in [0.29, 0.717) is 5.56 Å². The second-order valence-electron chi connectivity index (χ2n) is 8.78. The number of imidazole rings is 1. The van der Waals surface area contributed by atoms with Crippen LogP contribution in [-0.2, 0) is 6.42 Å². The van der Waals surface area contributed by atoms with Crippen molar-refractivity contribution in [3.05, 3.63) is 121 Å². The minimum Gasteiger partial charge on any atom is -0.453 e. The van der Waals surface area contributed by atoms with E-state index in [1.54, 1.807) is 12.1 Å². The van der Waals surface area contributed by atoms with Crippen LogP contribution in [0.2, 0.25) is 0 Å². The third kappa shape index (κ3) is 3.32. The van der Waals surface area contributed by atoms with Crippen molar-refractivity contribution in [3.8, 4) is 50.6 Å². The average molecular weight is 470 g/mol. The molecule has 0 unspecified atom stereocenters. The standard InChI is InChI=1S/C33H24N2O/c1-2-32-34-28-9-6-10-31-33(28)35(32)29-21-27(19-20-30(29)36-31)26-17-15-25(16-18-26)24-13-11-23(12-14-24)22-7-4-3-5-8-22/h3-21H,2H2,1H3/i3D,4D,5D,7D,8D. The molecule has 0 radical (unpaired) electrons. The van der Waals surface area contributed by atoms with Crippen LogP contribution in [-0.4, -0.2) is 9.55 Å². The van der Waals surface area contributed by atoms with Gasteiger partial charge >= 0.3 is 0 Å². The van der Waals surface area contributed by atoms with Gasteiger partial charge < -0.3 is 4.74 Å². The van der Waals surface area contributed by atoms with E-state index >= 15 is 0 Å². The van der Waals surface area contributed by atoms with E-state index in [2.05, 4.69) is 47.9 Å². The molecular weight excluding hydrogens is 440 g/mol. The molecule has 0 saturated heterocycles. The van der Waals surface area contributed by atoms with Crippen molar-refractivity contribution in [3.63, 3.8) is 0 Å². The maximum Gasteiger partial charge on any atom is 0.153 e. The van der Waals surface area contributed by atoms with Gasteiger partial charge in [-0.2, -0.15) is 0 Å². The van der Waals surface area contributed by atoms with Crippen molar-refractivity contribution in [2.45, 2.75) is 13.3 Å². The first-order valence-corrected chi connectivity index (χ1v) is 12.0. The number of nitrogens with zero attached hydrogens (tertiary/aromatic N) is 2. The van der Waals surface area contributed by atoms with Gasteiger partial charge in [0.05, 0.1) is 18.1 Å². The van der Waals surface area contributed by atoms with E-state index in [-0.39, 0.29) is 35.8 Å². The topological polar surface area (TPSA) is 27.1 Å². The zero-order valence-corrected chi connectivity index (χ0v) is 19.6. The summed E-state index contributed by atoms with van der Waals surface area (Å²) in [6.07, 6.45) is 0.807. The largest absolute Gasteiger partial charge is 0.453 e. The number of hydrogen-bond acceptors (Lipinski definition) is 2. The molecule has 36 heavy (non-hydrogen) atoms. The predicted molar refractivity (Wildman–Crippen MR) is 147 cm³/mol. The van der Waals surface area contributed by atoms with Crippen LogP contribution in [0.3, 0.4) is 0 Å². The highest BCUT2D eigenvalue weighted by Gasteiger charge is 2.23. The maximum absolute atomic E-state index is 8.25. The minimum absolute atomic E-state index is 0.200. The lowest BCUT2D eigenvalue weighted by Crippen LogP contribution is -2.07. The predicted octanol–water partition coefficient (Wildman–Crippen LogP) is 8.69. The molecule has 1 aliphatic heterocycles. The molecule has 0 fully saturated rings. The van der Waals surface area contributed by atoms with Gasteiger partial charge in [0.15, 0.2) is 11.5 Å². The lowest BCUT2D eigenvalue weighted by atomic mass is 9.98. The summed E-state index contributed by atoms with van der Waals surface area (Å²) in [4.78, 5) is 4.83. The zero-order chi connectivity index (χ0) is 28.4. The Kier molecular flexibility index (Phi) is 3.69. The molecule has 0 N–H and O–H groups in total. The van der Waals surface area contributed by atoms with Gasteiger partial charge in [-0.3, -0.25) is 4.57 Å². The number of fused-ring (bicyclic) bond motifs is 2. The Hall–Kier alpha value is -4.63. The van der Waals surface area contributed by atoms with Crippen LogP contribution in [0.25, 0.3) is 50.1 Å². The van der Waals surface area contributed by atoms with Crippen LogP contribution in [0, 0.1) is 0 Å². The molecule has 0 atom stereocenters. The Morgan fingerprint density at radius 3 is 1.97 bits per heavy atom. The number of rotatable bonds is 4. The van der Waals surface area contributed by atoms with E-state index < -0.39 is 0 Å². The molecule has 1 aromatic heterocycles. The molecule has 5 aromatic carbocycles. The summed E-state index contributed by atoms with van der Waals surface area (Å²) < 4.78 is 48.7. The number of ether oxygens (including phenoxy) is 1. The number of hydrogen-bond donors (Lipinski definition) is 0. The molecule has 0 amide bonds. The Morgan fingerprint density at radius 1 is 0.694 bits per heavy atom. The highest BCUT2D eigenvalue weighted by molar-refractivity contribution is 5.88. The average Bonchev–Trinajstić information content (AvgIpc) is 3.40. The summed E-state index contributed by atoms with van der Waals surface area (Å²) in [7, 11) is 0. The van der Waals surface area contributed by atoms with Crippen LogP contribution in [0.5, 0.6) is 11.5 Å². The van der Waals surface area contributed by atoms with Crippen LogP contribution in [0.4, 0.5) is 0 Å². The van der Waals surface area contributed by atoms with Crippen molar-refractivity contribution in [1.29, 1.82) is 0 Å². The van der Waals surface area contributed by atoms with Crippen molar-refractivity contribution >= 4 is 11.0 Å². The lowest BCUT2D eigenvalue weighted by molar-refractivity contribution is 0.474. The first-order valence-electron chi connectivity index (χ1n) is 14.5. The highest BCUT2D eigenvalue weighted by Crippen LogP contribution is 2.43. The summed E-state index contributed by atoms with van der Waals surface area (Å²) >= 11 is 0. The van der Waals surface area contributed by atoms with Gasteiger partial charge in [0.2, 0.25) is 0 Å². The molecule has 0 saturated carbocycles. The summed E-state index contributed by atoms with van der Waals surface area (Å²) in [6, 6.07) is 26.5. The number of aromatic nitrogens is 2. The molecule has 2 heterocycles. The molecule has 0 bridgehead atoms. The number of benzene rings is 5. The third-order valence-electron chi connectivity index (χ3n) is 6.67. The van der Waals surface area contributed by atoms with E-state index in [4.69, 9.17) is 16.6 Å². The third-order valence-corrected chi connectivity index (χ3v) is 6.67. The SMILES string of the molecule is [2H]c1c([2H])c([2H])c(-c2ccc(-c3ccc(-c4ccc5c(c4)-n4c(CC)nc6cccc(c64)O5)cc3)cc2)c([2H])c1[2H]. The van der Waals surface area contributed by atoms with E-state index in [0.717, 1.165) is 62.7 Å². The second-order valence-corrected chi connectivity index (χ2v) is 8.78. The van der Waals surface area contributed by atoms with Crippen molar-refractivity contribution < 1.29 is 11.6 Å². The van der Waals surface area contributed by atoms with Gasteiger partial charge in [-0.1, -0.05) is 97.8 Å². The summed E-state index contributed by atoms with van der Waals surface area (Å²) in [6.45, 7) is 2.11. The fraction of sp³-hybridized carbons (Fsp3) is 0.0606. The maximum atomic E-state index is 8.25. The molecule has 0 aliphatic carbocycles. The van der Waals surface area contributed by atoms with Crippen LogP contribution >= 0.6 is 0 Å². The van der Waals surface area contributed by atoms with Gasteiger partial charge in [-0.15, -0.1) is 0 Å². The van der Waals surface area contributed by atoms with Gasteiger partial charge in [0.1, 0.15) is 11.3 Å². The van der Waals surface area contributed by atoms with E-state index in [1.807, 2.05) is 36.4 Å². The van der Waals surface area contributed by atoms with Crippen molar-refractivity contribution in [2.24, 2.45) is 0 Å². The Balaban J connectivity index is 1.21. The summed E-state index contributed by atoms with van der Waals surface area (Å²) in [5.41, 5.74) is 7.82. The quantitative estimate of drug-likeness (QED) is 0.258. The van der Waals surface area contributed by atoms with Crippen LogP contribution < -0.4 is 4.74 Å². The summed E-state index contributed by atoms with van der Waals surface area (Å²) in [5.74, 6) is 2.62. The Morgan fingerprint density at radius 2 is 1.31 bits per heavy atom. The summed E-state index contributed by atoms with van der Waals surface area (Å²) in [5, 5.41) is 0. The van der Waals surface area contributed by atoms with E-state index in [9.17, 15) is 0 Å². The minimum atomic E-state index is -0.388. The monoisotopic (exact) mass is 469 g/mol. The van der Waals surface area contributed by atoms with E-state index in [1.165, 1.54) is 0 Å². The van der Waals surface area contributed by atoms with Gasteiger partial charge in [0.25, 0.3) is 0 Å². The Bertz CT molecular complexity index is 1970. The fourth-order valence-corrected chi connectivity index (χ4v) is 4.88. The van der Waals surface area contributed by atoms with Gasteiger partial charge in [-0.25, -0.2) is 4.98 Å². The molecule has 7 rings (SSSR count). The van der Waals surface area contributed by atoms with Crippen molar-refractivity contribution in [1.82, 2.24) is 9.55 Å². The van der Waals surface area contributed by atoms with Crippen molar-refractivity contribution in [2.75, 3.05) is 0 Å². The van der Waals surface area contributed by atoms with Crippen LogP contribution in [0.15, 0.2) is 115 Å². The van der Waals surface area contributed by atoms with Crippen LogP contribution in [0.1, 0.15) is 19.6 Å². The Labute approximate surface area is 217 Å². The molecular formula is C33H24N2O. The number of aryl methyl sites for hydroxylation is 1. The normalized spacial score (nSPS) is 13.8. The smallest absolute Gasteiger partial charge is 0.153 e. The van der Waals surface area contributed by atoms with Gasteiger partial charge in [0, 0.05) is 6.42 Å². The molecule has 1 aliphatic rings. The molecule has 3 nitrogen and oxygen atoms in total. The molecule has 0 spiro atoms. The second kappa shape index (κ2) is 8.24. The highest BCUT2D eigenvalue weighted by atomic mass is 16.5. The first kappa shape index (κ1) is 16.1. The molecule has 6 aromatic rings. The first-order chi connectivity index (χ1) is 19.9.